The number of unbranched alkanes of at least 4 members (excludes halogenated alkanes) is 14. The lowest BCUT2D eigenvalue weighted by Crippen LogP contribution is -2.50. The second kappa shape index (κ2) is 16.9. The first-order chi connectivity index (χ1) is 16.5. The fraction of sp³-hybridized carbons (Fsp3) is 0.964. The average Bonchev–Trinajstić information content (AvgIpc) is 3.51. The summed E-state index contributed by atoms with van der Waals surface area (Å²) >= 11 is 0. The molecule has 2 N–H and O–H groups in total. The van der Waals surface area contributed by atoms with E-state index in [2.05, 4.69) is 6.92 Å². The Hall–Kier alpha value is -0.690. The molecule has 2 rings (SSSR count). The average molecular weight is 485 g/mol. The number of aliphatic hydroxyl groups excluding tert-OH is 2. The molecule has 6 nitrogen and oxygen atoms in total. The highest BCUT2D eigenvalue weighted by Crippen LogP contribution is 2.50. The Morgan fingerprint density at radius 3 is 1.97 bits per heavy atom. The minimum atomic E-state index is -0.902. The number of esters is 1. The van der Waals surface area contributed by atoms with E-state index in [1.54, 1.807) is 0 Å². The van der Waals surface area contributed by atoms with E-state index >= 15 is 0 Å². The van der Waals surface area contributed by atoms with E-state index < -0.39 is 24.1 Å². The molecule has 5 atom stereocenters. The highest BCUT2D eigenvalue weighted by atomic mass is 16.6. The van der Waals surface area contributed by atoms with Crippen LogP contribution in [0, 0.1) is 0 Å². The van der Waals surface area contributed by atoms with Crippen LogP contribution in [-0.4, -0.2) is 53.0 Å². The molecule has 1 saturated carbocycles. The number of ether oxygens (including phenoxy) is 3. The summed E-state index contributed by atoms with van der Waals surface area (Å²) < 4.78 is 16.9. The summed E-state index contributed by atoms with van der Waals surface area (Å²) in [6.45, 7) is 4.53. The Bertz CT molecular complexity index is 541. The van der Waals surface area contributed by atoms with Gasteiger partial charge >= 0.3 is 5.97 Å². The number of aliphatic hydroxyl groups is 2. The molecule has 0 aromatic carbocycles. The molecule has 0 amide bonds. The lowest BCUT2D eigenvalue weighted by atomic mass is 10.00. The molecule has 1 saturated heterocycles. The van der Waals surface area contributed by atoms with Gasteiger partial charge in [0.1, 0.15) is 17.8 Å². The number of rotatable bonds is 20. The Balaban J connectivity index is 1.43. The van der Waals surface area contributed by atoms with E-state index in [4.69, 9.17) is 14.2 Å². The zero-order valence-electron chi connectivity index (χ0n) is 22.0. The van der Waals surface area contributed by atoms with Crippen LogP contribution in [0.3, 0.4) is 0 Å². The second-order valence-corrected chi connectivity index (χ2v) is 10.5. The van der Waals surface area contributed by atoms with Crippen molar-refractivity contribution in [3.05, 3.63) is 0 Å². The van der Waals surface area contributed by atoms with E-state index in [9.17, 15) is 15.0 Å². The molecular weight excluding hydrogens is 432 g/mol. The van der Waals surface area contributed by atoms with E-state index in [0.29, 0.717) is 32.3 Å². The molecule has 1 aliphatic carbocycles. The quantitative estimate of drug-likeness (QED) is 0.122. The first-order valence-electron chi connectivity index (χ1n) is 14.4. The normalized spacial score (nSPS) is 27.1. The second-order valence-electron chi connectivity index (χ2n) is 10.5. The van der Waals surface area contributed by atoms with E-state index in [-0.39, 0.29) is 12.1 Å². The molecule has 1 spiro atoms. The maximum Gasteiger partial charge on any atom is 0.306 e. The summed E-state index contributed by atoms with van der Waals surface area (Å²) in [7, 11) is 0. The first-order valence-corrected chi connectivity index (χ1v) is 14.4. The third-order valence-corrected chi connectivity index (χ3v) is 7.45. The van der Waals surface area contributed by atoms with Crippen molar-refractivity contribution in [1.82, 2.24) is 0 Å². The van der Waals surface area contributed by atoms with Crippen molar-refractivity contribution in [3.63, 3.8) is 0 Å². The molecule has 2 fully saturated rings. The van der Waals surface area contributed by atoms with Crippen LogP contribution in [0.2, 0.25) is 0 Å². The van der Waals surface area contributed by atoms with Crippen molar-refractivity contribution < 1.29 is 29.2 Å². The lowest BCUT2D eigenvalue weighted by Gasteiger charge is -2.35. The van der Waals surface area contributed by atoms with Gasteiger partial charge in [0.25, 0.3) is 0 Å². The molecule has 0 aromatic heterocycles. The third kappa shape index (κ3) is 10.5. The van der Waals surface area contributed by atoms with Gasteiger partial charge in [-0.25, -0.2) is 0 Å². The smallest absolute Gasteiger partial charge is 0.306 e. The van der Waals surface area contributed by atoms with Crippen molar-refractivity contribution in [1.29, 1.82) is 0 Å². The topological polar surface area (TPSA) is 85.2 Å². The van der Waals surface area contributed by atoms with Crippen LogP contribution in [0.25, 0.3) is 0 Å². The number of carbonyl (C=O) groups is 1. The van der Waals surface area contributed by atoms with Gasteiger partial charge < -0.3 is 24.4 Å². The van der Waals surface area contributed by atoms with E-state index in [0.717, 1.165) is 12.8 Å². The number of carbonyl (C=O) groups excluding carboxylic acids is 1. The minimum Gasteiger partial charge on any atom is -0.459 e. The number of hydrogen-bond acceptors (Lipinski definition) is 6. The molecule has 6 heteroatoms. The molecule has 1 heterocycles. The van der Waals surface area contributed by atoms with Crippen LogP contribution in [-0.2, 0) is 19.0 Å². The zero-order chi connectivity index (χ0) is 24.7. The van der Waals surface area contributed by atoms with Crippen molar-refractivity contribution in [3.8, 4) is 0 Å². The first kappa shape index (κ1) is 29.5. The van der Waals surface area contributed by atoms with Crippen molar-refractivity contribution in [2.45, 2.75) is 166 Å². The maximum atomic E-state index is 12.3. The predicted octanol–water partition coefficient (Wildman–Crippen LogP) is 6.20. The molecule has 1 aliphatic heterocycles. The Kier molecular flexibility index (Phi) is 14.7. The standard InChI is InChI=1S/C28H52O6/c1-3-5-6-7-8-9-10-11-12-13-14-15-16-17-18-19-26(30)33-23-20-21-32-28(27(23)31)22-24(28)34-25(29)4-2/h23-25,27,29,31H,3-22H2,1-2H3/t23-,24?,25?,27+,28?/m1/s1. The summed E-state index contributed by atoms with van der Waals surface area (Å²) in [6, 6.07) is 0. The van der Waals surface area contributed by atoms with Crippen LogP contribution >= 0.6 is 0 Å². The van der Waals surface area contributed by atoms with Gasteiger partial charge in [-0.2, -0.15) is 0 Å². The summed E-state index contributed by atoms with van der Waals surface area (Å²) in [6.07, 6.45) is 18.7. The highest BCUT2D eigenvalue weighted by molar-refractivity contribution is 5.69. The summed E-state index contributed by atoms with van der Waals surface area (Å²) in [5.74, 6) is -0.234. The highest BCUT2D eigenvalue weighted by Gasteiger charge is 2.66. The van der Waals surface area contributed by atoms with Gasteiger partial charge in [0, 0.05) is 19.3 Å². The van der Waals surface area contributed by atoms with Gasteiger partial charge in [0.05, 0.1) is 12.7 Å². The molecule has 200 valence electrons. The van der Waals surface area contributed by atoms with Crippen molar-refractivity contribution >= 4 is 5.97 Å². The van der Waals surface area contributed by atoms with Crippen LogP contribution in [0.1, 0.15) is 136 Å². The summed E-state index contributed by atoms with van der Waals surface area (Å²) in [5, 5.41) is 20.4. The molecule has 0 radical (unpaired) electrons. The van der Waals surface area contributed by atoms with Gasteiger partial charge in [0.15, 0.2) is 6.29 Å². The van der Waals surface area contributed by atoms with Gasteiger partial charge in [-0.05, 0) is 12.8 Å². The zero-order valence-corrected chi connectivity index (χ0v) is 22.0. The van der Waals surface area contributed by atoms with Crippen LogP contribution < -0.4 is 0 Å². The Labute approximate surface area is 208 Å². The van der Waals surface area contributed by atoms with E-state index in [1.807, 2.05) is 6.92 Å². The van der Waals surface area contributed by atoms with Gasteiger partial charge in [0.2, 0.25) is 0 Å². The Morgan fingerprint density at radius 1 is 0.912 bits per heavy atom. The monoisotopic (exact) mass is 484 g/mol. The van der Waals surface area contributed by atoms with Crippen LogP contribution in [0.4, 0.5) is 0 Å². The third-order valence-electron chi connectivity index (χ3n) is 7.45. The molecular formula is C28H52O6. The lowest BCUT2D eigenvalue weighted by molar-refractivity contribution is -0.203. The summed E-state index contributed by atoms with van der Waals surface area (Å²) in [4.78, 5) is 12.3. The molecule has 0 bridgehead atoms. The van der Waals surface area contributed by atoms with Crippen LogP contribution in [0.15, 0.2) is 0 Å². The predicted molar refractivity (Wildman–Crippen MR) is 135 cm³/mol. The van der Waals surface area contributed by atoms with E-state index in [1.165, 1.54) is 83.5 Å². The van der Waals surface area contributed by atoms with Crippen molar-refractivity contribution in [2.75, 3.05) is 6.61 Å². The van der Waals surface area contributed by atoms with Gasteiger partial charge in [-0.15, -0.1) is 0 Å². The summed E-state index contributed by atoms with van der Waals surface area (Å²) in [5.41, 5.74) is -0.825. The van der Waals surface area contributed by atoms with Crippen molar-refractivity contribution in [2.24, 2.45) is 0 Å². The maximum absolute atomic E-state index is 12.3. The van der Waals surface area contributed by atoms with Gasteiger partial charge in [-0.3, -0.25) is 4.79 Å². The minimum absolute atomic E-state index is 0.234. The molecule has 2 aliphatic rings. The molecule has 0 aromatic rings. The van der Waals surface area contributed by atoms with Crippen LogP contribution in [0.5, 0.6) is 0 Å². The SMILES string of the molecule is CCCCCCCCCCCCCCCCCC(=O)O[C@@H]1CCOC2(CC2OC(O)CC)[C@H]1O. The fourth-order valence-electron chi connectivity index (χ4n) is 5.06. The molecule has 34 heavy (non-hydrogen) atoms. The fourth-order valence-corrected chi connectivity index (χ4v) is 5.06. The largest absolute Gasteiger partial charge is 0.459 e. The number of hydrogen-bond donors (Lipinski definition) is 2. The molecule has 3 unspecified atom stereocenters. The Morgan fingerprint density at radius 2 is 1.44 bits per heavy atom. The van der Waals surface area contributed by atoms with Gasteiger partial charge in [-0.1, -0.05) is 104 Å².